The molecule has 2 rings (SSSR count). The Morgan fingerprint density at radius 2 is 2.17 bits per heavy atom. The van der Waals surface area contributed by atoms with Gasteiger partial charge in [-0.05, 0) is 45.1 Å². The Morgan fingerprint density at radius 3 is 2.72 bits per heavy atom. The van der Waals surface area contributed by atoms with Gasteiger partial charge in [0.2, 0.25) is 0 Å². The first-order chi connectivity index (χ1) is 8.49. The minimum Gasteiger partial charge on any atom is -0.478 e. The van der Waals surface area contributed by atoms with Crippen molar-refractivity contribution in [1.82, 2.24) is 4.90 Å². The summed E-state index contributed by atoms with van der Waals surface area (Å²) in [6.07, 6.45) is 1.13. The molecule has 1 aromatic carbocycles. The van der Waals surface area contributed by atoms with E-state index in [0.717, 1.165) is 30.8 Å². The van der Waals surface area contributed by atoms with Crippen LogP contribution in [0.1, 0.15) is 22.3 Å². The summed E-state index contributed by atoms with van der Waals surface area (Å²) in [5, 5.41) is 9.15. The molecular weight excluding hydrogens is 228 g/mol. The third kappa shape index (κ3) is 2.48. The van der Waals surface area contributed by atoms with E-state index in [1.165, 1.54) is 0 Å². The first kappa shape index (κ1) is 12.9. The van der Waals surface area contributed by atoms with E-state index in [-0.39, 0.29) is 0 Å². The van der Waals surface area contributed by atoms with Crippen molar-refractivity contribution < 1.29 is 9.90 Å². The topological polar surface area (TPSA) is 43.8 Å². The van der Waals surface area contributed by atoms with Crippen LogP contribution in [0.3, 0.4) is 0 Å². The molecule has 1 aromatic rings. The third-order valence-corrected chi connectivity index (χ3v) is 3.71. The first-order valence-electron chi connectivity index (χ1n) is 6.24. The summed E-state index contributed by atoms with van der Waals surface area (Å²) < 4.78 is 0. The summed E-state index contributed by atoms with van der Waals surface area (Å²) in [5.41, 5.74) is 2.23. The molecule has 4 heteroatoms. The lowest BCUT2D eigenvalue weighted by atomic mass is 10.1. The van der Waals surface area contributed by atoms with Crippen LogP contribution in [-0.2, 0) is 0 Å². The van der Waals surface area contributed by atoms with Crippen molar-refractivity contribution >= 4 is 11.7 Å². The highest BCUT2D eigenvalue weighted by Crippen LogP contribution is 2.24. The quantitative estimate of drug-likeness (QED) is 0.886. The first-order valence-corrected chi connectivity index (χ1v) is 6.24. The van der Waals surface area contributed by atoms with Gasteiger partial charge < -0.3 is 14.9 Å². The molecule has 0 unspecified atom stereocenters. The van der Waals surface area contributed by atoms with Gasteiger partial charge in [0, 0.05) is 24.8 Å². The largest absolute Gasteiger partial charge is 0.478 e. The fraction of sp³-hybridized carbons (Fsp3) is 0.500. The Balaban J connectivity index is 2.20. The van der Waals surface area contributed by atoms with Gasteiger partial charge in [0.05, 0.1) is 5.56 Å². The second kappa shape index (κ2) is 4.98. The lowest BCUT2D eigenvalue weighted by Gasteiger charge is -2.22. The van der Waals surface area contributed by atoms with Crippen molar-refractivity contribution in [2.45, 2.75) is 19.4 Å². The van der Waals surface area contributed by atoms with E-state index in [1.807, 2.05) is 19.1 Å². The van der Waals surface area contributed by atoms with Gasteiger partial charge in [-0.1, -0.05) is 6.07 Å². The molecule has 0 bridgehead atoms. The maximum absolute atomic E-state index is 11.1. The van der Waals surface area contributed by atoms with E-state index in [0.29, 0.717) is 11.6 Å². The summed E-state index contributed by atoms with van der Waals surface area (Å²) >= 11 is 0. The Kier molecular flexibility index (Phi) is 3.57. The van der Waals surface area contributed by atoms with Crippen LogP contribution in [0.2, 0.25) is 0 Å². The second-order valence-corrected chi connectivity index (χ2v) is 5.16. The van der Waals surface area contributed by atoms with Gasteiger partial charge >= 0.3 is 5.97 Å². The Labute approximate surface area is 108 Å². The Bertz CT molecular complexity index is 457. The van der Waals surface area contributed by atoms with E-state index in [2.05, 4.69) is 23.9 Å². The maximum atomic E-state index is 11.1. The molecule has 1 aliphatic rings. The number of anilines is 1. The molecule has 1 saturated heterocycles. The Hall–Kier alpha value is -1.55. The smallest absolute Gasteiger partial charge is 0.336 e. The van der Waals surface area contributed by atoms with Gasteiger partial charge in [-0.15, -0.1) is 0 Å². The number of carboxylic acids is 1. The van der Waals surface area contributed by atoms with Crippen LogP contribution >= 0.6 is 0 Å². The van der Waals surface area contributed by atoms with E-state index in [4.69, 9.17) is 5.11 Å². The molecule has 18 heavy (non-hydrogen) atoms. The van der Waals surface area contributed by atoms with E-state index >= 15 is 0 Å². The minimum atomic E-state index is -0.849. The number of hydrogen-bond donors (Lipinski definition) is 1. The highest BCUT2D eigenvalue weighted by atomic mass is 16.4. The third-order valence-electron chi connectivity index (χ3n) is 3.71. The Morgan fingerprint density at radius 1 is 1.44 bits per heavy atom. The van der Waals surface area contributed by atoms with E-state index < -0.39 is 5.97 Å². The number of aryl methyl sites for hydroxylation is 1. The van der Waals surface area contributed by atoms with Crippen LogP contribution in [0, 0.1) is 6.92 Å². The number of likely N-dealkylation sites (N-methyl/N-ethyl adjacent to an activating group) is 1. The molecule has 98 valence electrons. The normalized spacial score (nSPS) is 19.6. The lowest BCUT2D eigenvalue weighted by molar-refractivity contribution is 0.0696. The van der Waals surface area contributed by atoms with E-state index in [9.17, 15) is 4.79 Å². The number of carboxylic acid groups (broad SMARTS) is 1. The van der Waals surface area contributed by atoms with Gasteiger partial charge in [-0.3, -0.25) is 0 Å². The molecule has 0 aromatic heterocycles. The van der Waals surface area contributed by atoms with Crippen LogP contribution < -0.4 is 4.90 Å². The van der Waals surface area contributed by atoms with Crippen molar-refractivity contribution in [3.8, 4) is 0 Å². The molecule has 0 aliphatic carbocycles. The van der Waals surface area contributed by atoms with Crippen molar-refractivity contribution in [2.24, 2.45) is 0 Å². The highest BCUT2D eigenvalue weighted by molar-refractivity contribution is 5.90. The summed E-state index contributed by atoms with van der Waals surface area (Å²) in [6.45, 7) is 3.79. The number of nitrogens with zero attached hydrogens (tertiary/aromatic N) is 2. The number of benzene rings is 1. The minimum absolute atomic E-state index is 0.404. The molecule has 1 N–H and O–H groups in total. The summed E-state index contributed by atoms with van der Waals surface area (Å²) in [6, 6.07) is 6.25. The molecule has 0 spiro atoms. The molecule has 1 aliphatic heterocycles. The molecular formula is C14H20N2O2. The molecule has 1 fully saturated rings. The van der Waals surface area contributed by atoms with Crippen LogP contribution in [-0.4, -0.2) is 49.2 Å². The standard InChI is InChI=1S/C14H20N2O2/c1-10-4-5-11(8-13(10)14(17)18)16-7-6-12(9-16)15(2)3/h4-5,8,12H,6-7,9H2,1-3H3,(H,17,18)/t12-/m1/s1. The molecule has 1 heterocycles. The van der Waals surface area contributed by atoms with Crippen LogP contribution in [0.4, 0.5) is 5.69 Å². The zero-order valence-electron chi connectivity index (χ0n) is 11.2. The molecule has 0 saturated carbocycles. The van der Waals surface area contributed by atoms with Gasteiger partial charge in [-0.25, -0.2) is 4.79 Å². The van der Waals surface area contributed by atoms with Crippen molar-refractivity contribution in [3.05, 3.63) is 29.3 Å². The number of hydrogen-bond acceptors (Lipinski definition) is 3. The van der Waals surface area contributed by atoms with Gasteiger partial charge in [-0.2, -0.15) is 0 Å². The predicted molar refractivity (Wildman–Crippen MR) is 72.4 cm³/mol. The average molecular weight is 248 g/mol. The van der Waals surface area contributed by atoms with Crippen LogP contribution in [0.25, 0.3) is 0 Å². The maximum Gasteiger partial charge on any atom is 0.336 e. The summed E-state index contributed by atoms with van der Waals surface area (Å²) in [4.78, 5) is 15.6. The fourth-order valence-electron chi connectivity index (χ4n) is 2.43. The van der Waals surface area contributed by atoms with Crippen LogP contribution in [0.15, 0.2) is 18.2 Å². The SMILES string of the molecule is Cc1ccc(N2CC[C@@H](N(C)C)C2)cc1C(=O)O. The lowest BCUT2D eigenvalue weighted by Crippen LogP contribution is -2.31. The van der Waals surface area contributed by atoms with Gasteiger partial charge in [0.25, 0.3) is 0 Å². The highest BCUT2D eigenvalue weighted by Gasteiger charge is 2.24. The number of rotatable bonds is 3. The fourth-order valence-corrected chi connectivity index (χ4v) is 2.43. The molecule has 0 radical (unpaired) electrons. The zero-order valence-corrected chi connectivity index (χ0v) is 11.2. The zero-order chi connectivity index (χ0) is 13.3. The summed E-state index contributed by atoms with van der Waals surface area (Å²) in [5.74, 6) is -0.849. The molecule has 0 amide bonds. The van der Waals surface area contributed by atoms with Crippen molar-refractivity contribution in [1.29, 1.82) is 0 Å². The summed E-state index contributed by atoms with van der Waals surface area (Å²) in [7, 11) is 4.18. The van der Waals surface area contributed by atoms with Gasteiger partial charge in [0.1, 0.15) is 0 Å². The molecule has 1 atom stereocenters. The van der Waals surface area contributed by atoms with Crippen molar-refractivity contribution in [3.63, 3.8) is 0 Å². The van der Waals surface area contributed by atoms with Gasteiger partial charge in [0.15, 0.2) is 0 Å². The average Bonchev–Trinajstić information content (AvgIpc) is 2.78. The van der Waals surface area contributed by atoms with Crippen molar-refractivity contribution in [2.75, 3.05) is 32.1 Å². The van der Waals surface area contributed by atoms with E-state index in [1.54, 1.807) is 6.07 Å². The number of carbonyl (C=O) groups is 1. The second-order valence-electron chi connectivity index (χ2n) is 5.16. The molecule has 4 nitrogen and oxygen atoms in total. The number of aromatic carboxylic acids is 1. The predicted octanol–water partition coefficient (Wildman–Crippen LogP) is 1.83. The van der Waals surface area contributed by atoms with Crippen LogP contribution in [0.5, 0.6) is 0 Å². The monoisotopic (exact) mass is 248 g/mol.